The molecule has 1 aromatic heterocycles. The van der Waals surface area contributed by atoms with Crippen LogP contribution in [0.1, 0.15) is 5.56 Å². The number of hydrogen-bond acceptors (Lipinski definition) is 3. The summed E-state index contributed by atoms with van der Waals surface area (Å²) in [6.07, 6.45) is 3.95. The highest BCUT2D eigenvalue weighted by molar-refractivity contribution is 6.30. The summed E-state index contributed by atoms with van der Waals surface area (Å²) in [7, 11) is 0. The van der Waals surface area contributed by atoms with Gasteiger partial charge >= 0.3 is 0 Å². The second kappa shape index (κ2) is 6.54. The number of aromatic hydroxyl groups is 1. The lowest BCUT2D eigenvalue weighted by Gasteiger charge is -2.12. The molecule has 0 aliphatic carbocycles. The van der Waals surface area contributed by atoms with Gasteiger partial charge in [0.25, 0.3) is 0 Å². The zero-order valence-corrected chi connectivity index (χ0v) is 12.5. The zero-order valence-electron chi connectivity index (χ0n) is 11.8. The fraction of sp³-hybridized carbons (Fsp3) is 0.118. The molecule has 0 unspecified atom stereocenters. The summed E-state index contributed by atoms with van der Waals surface area (Å²) in [6.45, 7) is 0.491. The molecule has 0 radical (unpaired) electrons. The smallest absolute Gasteiger partial charge is 0.132 e. The largest absolute Gasteiger partial charge is 0.507 e. The van der Waals surface area contributed by atoms with Gasteiger partial charge in [-0.05, 0) is 29.8 Å². The first kappa shape index (κ1) is 14.5. The number of nitrogens with one attached hydrogen (secondary N) is 1. The van der Waals surface area contributed by atoms with Crippen LogP contribution in [0.4, 0.5) is 0 Å². The number of H-pyrrole nitrogens is 1. The highest BCUT2D eigenvalue weighted by Gasteiger charge is 2.12. The van der Waals surface area contributed by atoms with Gasteiger partial charge in [0, 0.05) is 11.4 Å². The molecule has 5 heteroatoms. The number of ether oxygens (including phenoxy) is 1. The Labute approximate surface area is 133 Å². The van der Waals surface area contributed by atoms with Gasteiger partial charge in [0.15, 0.2) is 0 Å². The fourth-order valence-corrected chi connectivity index (χ4v) is 2.49. The number of phenols is 1. The number of aromatic nitrogens is 2. The van der Waals surface area contributed by atoms with Crippen molar-refractivity contribution in [2.75, 3.05) is 6.61 Å². The van der Waals surface area contributed by atoms with Crippen LogP contribution in [-0.2, 0) is 6.42 Å². The summed E-state index contributed by atoms with van der Waals surface area (Å²) in [5.41, 5.74) is 2.44. The molecular weight excluding hydrogens is 300 g/mol. The van der Waals surface area contributed by atoms with Crippen LogP contribution in [0.3, 0.4) is 0 Å². The molecular formula is C17H15ClN2O2. The molecule has 0 saturated heterocycles. The minimum atomic E-state index is 0.157. The van der Waals surface area contributed by atoms with E-state index in [-0.39, 0.29) is 5.75 Å². The fourth-order valence-electron chi connectivity index (χ4n) is 2.27. The van der Waals surface area contributed by atoms with Crippen LogP contribution < -0.4 is 4.74 Å². The number of imidazole rings is 1. The molecule has 112 valence electrons. The van der Waals surface area contributed by atoms with Crippen LogP contribution >= 0.6 is 11.6 Å². The molecule has 0 saturated carbocycles. The minimum Gasteiger partial charge on any atom is -0.507 e. The number of hydrogen-bond donors (Lipinski definition) is 2. The maximum atomic E-state index is 10.1. The van der Waals surface area contributed by atoms with E-state index in [1.54, 1.807) is 24.7 Å². The molecule has 2 N–H and O–H groups in total. The van der Waals surface area contributed by atoms with Crippen LogP contribution in [0.15, 0.2) is 55.0 Å². The van der Waals surface area contributed by atoms with Crippen molar-refractivity contribution in [1.29, 1.82) is 0 Å². The first-order valence-corrected chi connectivity index (χ1v) is 7.30. The highest BCUT2D eigenvalue weighted by atomic mass is 35.5. The predicted octanol–water partition coefficient (Wildman–Crippen LogP) is 4.06. The third kappa shape index (κ3) is 3.23. The summed E-state index contributed by atoms with van der Waals surface area (Å²) in [5.74, 6) is 0.774. The molecule has 4 nitrogen and oxygen atoms in total. The Morgan fingerprint density at radius 2 is 2.05 bits per heavy atom. The van der Waals surface area contributed by atoms with E-state index in [0.717, 1.165) is 17.7 Å². The number of phenolic OH excluding ortho intramolecular Hbond substituents is 1. The molecule has 0 atom stereocenters. The number of nitrogens with zero attached hydrogens (tertiary/aromatic N) is 1. The van der Waals surface area contributed by atoms with E-state index in [9.17, 15) is 5.11 Å². The molecule has 0 fully saturated rings. The minimum absolute atomic E-state index is 0.157. The van der Waals surface area contributed by atoms with Crippen molar-refractivity contribution in [3.05, 3.63) is 65.6 Å². The molecule has 3 aromatic rings. The number of aromatic amines is 1. The Balaban J connectivity index is 1.74. The van der Waals surface area contributed by atoms with Gasteiger partial charge in [-0.3, -0.25) is 0 Å². The summed E-state index contributed by atoms with van der Waals surface area (Å²) in [5, 5.41) is 10.8. The van der Waals surface area contributed by atoms with E-state index in [1.807, 2.05) is 30.3 Å². The molecule has 0 aliphatic rings. The lowest BCUT2D eigenvalue weighted by molar-refractivity contribution is 0.321. The van der Waals surface area contributed by atoms with Gasteiger partial charge in [0.05, 0.1) is 30.4 Å². The van der Waals surface area contributed by atoms with Crippen LogP contribution in [0.5, 0.6) is 11.5 Å². The molecule has 0 amide bonds. The third-order valence-electron chi connectivity index (χ3n) is 3.31. The Bertz CT molecular complexity index is 757. The molecule has 22 heavy (non-hydrogen) atoms. The molecule has 0 spiro atoms. The average Bonchev–Trinajstić information content (AvgIpc) is 3.01. The second-order valence-electron chi connectivity index (χ2n) is 4.84. The van der Waals surface area contributed by atoms with Crippen molar-refractivity contribution in [2.45, 2.75) is 6.42 Å². The predicted molar refractivity (Wildman–Crippen MR) is 86.3 cm³/mol. The van der Waals surface area contributed by atoms with Crippen LogP contribution in [-0.4, -0.2) is 21.7 Å². The van der Waals surface area contributed by atoms with Gasteiger partial charge in [-0.2, -0.15) is 0 Å². The van der Waals surface area contributed by atoms with Crippen molar-refractivity contribution in [3.8, 4) is 22.8 Å². The molecule has 0 aliphatic heterocycles. The Kier molecular flexibility index (Phi) is 4.30. The van der Waals surface area contributed by atoms with Crippen molar-refractivity contribution in [3.63, 3.8) is 0 Å². The maximum absolute atomic E-state index is 10.1. The van der Waals surface area contributed by atoms with Gasteiger partial charge in [-0.15, -0.1) is 0 Å². The lowest BCUT2D eigenvalue weighted by Crippen LogP contribution is -2.02. The molecule has 0 bridgehead atoms. The van der Waals surface area contributed by atoms with E-state index in [1.165, 1.54) is 0 Å². The summed E-state index contributed by atoms with van der Waals surface area (Å²) < 4.78 is 5.83. The van der Waals surface area contributed by atoms with E-state index < -0.39 is 0 Å². The maximum Gasteiger partial charge on any atom is 0.132 e. The quantitative estimate of drug-likeness (QED) is 0.746. The third-order valence-corrected chi connectivity index (χ3v) is 3.54. The SMILES string of the molecule is Oc1cccc(OCCc2cccc(Cl)c2)c1-c1cnc[nH]1. The monoisotopic (exact) mass is 314 g/mol. The highest BCUT2D eigenvalue weighted by Crippen LogP contribution is 2.36. The van der Waals surface area contributed by atoms with Crippen LogP contribution in [0.25, 0.3) is 11.3 Å². The Hall–Kier alpha value is -2.46. The van der Waals surface area contributed by atoms with Crippen LogP contribution in [0, 0.1) is 0 Å². The van der Waals surface area contributed by atoms with E-state index in [2.05, 4.69) is 9.97 Å². The van der Waals surface area contributed by atoms with Gasteiger partial charge in [0.1, 0.15) is 11.5 Å². The molecule has 2 aromatic carbocycles. The van der Waals surface area contributed by atoms with E-state index >= 15 is 0 Å². The summed E-state index contributed by atoms with van der Waals surface area (Å²) >= 11 is 5.97. The summed E-state index contributed by atoms with van der Waals surface area (Å²) in [4.78, 5) is 6.96. The van der Waals surface area contributed by atoms with Gasteiger partial charge in [-0.1, -0.05) is 29.8 Å². The first-order chi connectivity index (χ1) is 10.7. The summed E-state index contributed by atoms with van der Waals surface area (Å²) in [6, 6.07) is 12.9. The first-order valence-electron chi connectivity index (χ1n) is 6.92. The second-order valence-corrected chi connectivity index (χ2v) is 5.28. The van der Waals surface area contributed by atoms with E-state index in [4.69, 9.17) is 16.3 Å². The topological polar surface area (TPSA) is 58.1 Å². The number of benzene rings is 2. The lowest BCUT2D eigenvalue weighted by atomic mass is 10.1. The Morgan fingerprint density at radius 1 is 1.18 bits per heavy atom. The number of halogens is 1. The van der Waals surface area contributed by atoms with Crippen molar-refractivity contribution < 1.29 is 9.84 Å². The normalized spacial score (nSPS) is 10.6. The van der Waals surface area contributed by atoms with Crippen molar-refractivity contribution in [1.82, 2.24) is 9.97 Å². The van der Waals surface area contributed by atoms with Crippen LogP contribution in [0.2, 0.25) is 5.02 Å². The zero-order chi connectivity index (χ0) is 15.4. The van der Waals surface area contributed by atoms with Crippen molar-refractivity contribution in [2.24, 2.45) is 0 Å². The number of rotatable bonds is 5. The molecule has 3 rings (SSSR count). The standard InChI is InChI=1S/C17H15ClN2O2/c18-13-4-1-3-12(9-13)7-8-22-16-6-2-5-15(21)17(16)14-10-19-11-20-14/h1-6,9-11,21H,7-8H2,(H,19,20). The average molecular weight is 315 g/mol. The van der Waals surface area contributed by atoms with Gasteiger partial charge in [0.2, 0.25) is 0 Å². The van der Waals surface area contributed by atoms with E-state index in [0.29, 0.717) is 22.9 Å². The van der Waals surface area contributed by atoms with Gasteiger partial charge in [-0.25, -0.2) is 4.98 Å². The van der Waals surface area contributed by atoms with Crippen molar-refractivity contribution >= 4 is 11.6 Å². The van der Waals surface area contributed by atoms with Gasteiger partial charge < -0.3 is 14.8 Å². The molecule has 1 heterocycles. The Morgan fingerprint density at radius 3 is 2.82 bits per heavy atom.